The summed E-state index contributed by atoms with van der Waals surface area (Å²) in [5, 5.41) is 9.94. The number of hydrogen-bond donors (Lipinski definition) is 2. The van der Waals surface area contributed by atoms with Crippen molar-refractivity contribution < 1.29 is 18.3 Å². The smallest absolute Gasteiger partial charge is 0.271 e. The number of carbonyl (C=O) groups is 1. The van der Waals surface area contributed by atoms with Crippen LogP contribution >= 0.6 is 0 Å². The molecule has 0 atom stereocenters. The molecular weight excluding hydrogens is 318 g/mol. The molecule has 2 aromatic carbocycles. The molecular formula is C16H12F2N4O2. The highest BCUT2D eigenvalue weighted by atomic mass is 19.1. The summed E-state index contributed by atoms with van der Waals surface area (Å²) in [7, 11) is 0. The van der Waals surface area contributed by atoms with Crippen LogP contribution in [0.4, 0.5) is 8.78 Å². The minimum atomic E-state index is -0.687. The first kappa shape index (κ1) is 15.6. The van der Waals surface area contributed by atoms with E-state index in [1.54, 1.807) is 24.3 Å². The van der Waals surface area contributed by atoms with Gasteiger partial charge in [0.05, 0.1) is 0 Å². The van der Waals surface area contributed by atoms with Crippen LogP contribution in [0, 0.1) is 11.6 Å². The Bertz CT molecular complexity index is 878. The molecule has 1 amide bonds. The van der Waals surface area contributed by atoms with Gasteiger partial charge in [-0.1, -0.05) is 24.3 Å². The van der Waals surface area contributed by atoms with E-state index >= 15 is 0 Å². The monoisotopic (exact) mass is 330 g/mol. The Balaban J connectivity index is 1.74. The highest BCUT2D eigenvalue weighted by molar-refractivity contribution is 5.96. The Labute approximate surface area is 135 Å². The Hall–Kier alpha value is -3.29. The summed E-state index contributed by atoms with van der Waals surface area (Å²) in [6.45, 7) is 0.0577. The third kappa shape index (κ3) is 3.22. The lowest BCUT2D eigenvalue weighted by Crippen LogP contribution is -2.12. The Morgan fingerprint density at radius 2 is 1.88 bits per heavy atom. The van der Waals surface area contributed by atoms with Gasteiger partial charge in [0.15, 0.2) is 17.3 Å². The van der Waals surface area contributed by atoms with E-state index < -0.39 is 17.5 Å². The molecule has 122 valence electrons. The van der Waals surface area contributed by atoms with Gasteiger partial charge in [0, 0.05) is 11.6 Å². The summed E-state index contributed by atoms with van der Waals surface area (Å²) in [5.74, 6) is -2.06. The zero-order valence-electron chi connectivity index (χ0n) is 12.3. The van der Waals surface area contributed by atoms with Crippen LogP contribution in [0.1, 0.15) is 16.1 Å². The van der Waals surface area contributed by atoms with Gasteiger partial charge in [-0.25, -0.2) is 8.78 Å². The number of amides is 1. The minimum Gasteiger partial charge on any atom is -0.486 e. The number of carbonyl (C=O) groups excluding carboxylic acids is 1. The number of H-pyrrole nitrogens is 1. The quantitative estimate of drug-likeness (QED) is 0.751. The molecule has 1 heterocycles. The Morgan fingerprint density at radius 1 is 1.12 bits per heavy atom. The van der Waals surface area contributed by atoms with Crippen molar-refractivity contribution in [2.75, 3.05) is 0 Å². The van der Waals surface area contributed by atoms with Crippen LogP contribution < -0.4 is 10.5 Å². The first-order chi connectivity index (χ1) is 11.5. The van der Waals surface area contributed by atoms with Gasteiger partial charge in [0.1, 0.15) is 18.1 Å². The van der Waals surface area contributed by atoms with Crippen molar-refractivity contribution in [2.24, 2.45) is 5.73 Å². The summed E-state index contributed by atoms with van der Waals surface area (Å²) in [6.07, 6.45) is 0. The average Bonchev–Trinajstić information content (AvgIpc) is 3.06. The van der Waals surface area contributed by atoms with E-state index in [2.05, 4.69) is 15.4 Å². The van der Waals surface area contributed by atoms with Gasteiger partial charge in [0.2, 0.25) is 0 Å². The minimum absolute atomic E-state index is 0.0424. The maximum absolute atomic E-state index is 13.5. The molecule has 3 rings (SSSR count). The summed E-state index contributed by atoms with van der Waals surface area (Å²) >= 11 is 0. The Morgan fingerprint density at radius 3 is 2.58 bits per heavy atom. The van der Waals surface area contributed by atoms with Crippen molar-refractivity contribution in [1.82, 2.24) is 15.4 Å². The van der Waals surface area contributed by atoms with Gasteiger partial charge in [0.25, 0.3) is 5.91 Å². The number of hydrogen-bond acceptors (Lipinski definition) is 4. The van der Waals surface area contributed by atoms with Crippen LogP contribution in [0.2, 0.25) is 0 Å². The fraction of sp³-hybridized carbons (Fsp3) is 0.0625. The highest BCUT2D eigenvalue weighted by Gasteiger charge is 2.15. The molecule has 24 heavy (non-hydrogen) atoms. The van der Waals surface area contributed by atoms with E-state index in [-0.39, 0.29) is 18.1 Å². The molecule has 0 unspecified atom stereocenters. The maximum Gasteiger partial charge on any atom is 0.271 e. The van der Waals surface area contributed by atoms with E-state index in [9.17, 15) is 13.6 Å². The van der Waals surface area contributed by atoms with Gasteiger partial charge in [-0.3, -0.25) is 4.79 Å². The molecule has 0 aliphatic heterocycles. The van der Waals surface area contributed by atoms with Crippen molar-refractivity contribution in [3.05, 3.63) is 65.4 Å². The predicted octanol–water partition coefficient (Wildman–Crippen LogP) is 2.43. The molecule has 3 N–H and O–H groups in total. The molecule has 3 aromatic rings. The largest absolute Gasteiger partial charge is 0.486 e. The van der Waals surface area contributed by atoms with E-state index in [0.29, 0.717) is 11.3 Å². The zero-order chi connectivity index (χ0) is 17.1. The number of nitrogens with zero attached hydrogens (tertiary/aromatic N) is 2. The lowest BCUT2D eigenvalue weighted by Gasteiger charge is -2.08. The second-order valence-electron chi connectivity index (χ2n) is 4.95. The van der Waals surface area contributed by atoms with Crippen molar-refractivity contribution in [3.8, 4) is 17.0 Å². The van der Waals surface area contributed by atoms with Gasteiger partial charge >= 0.3 is 0 Å². The van der Waals surface area contributed by atoms with Crippen LogP contribution in [0.25, 0.3) is 11.3 Å². The SMILES string of the molecule is NC(=O)c1n[nH]nc1-c1ccc(COc2cc(F)ccc2F)cc1. The van der Waals surface area contributed by atoms with E-state index in [4.69, 9.17) is 10.5 Å². The van der Waals surface area contributed by atoms with Crippen LogP contribution in [-0.4, -0.2) is 21.3 Å². The highest BCUT2D eigenvalue weighted by Crippen LogP contribution is 2.22. The number of benzene rings is 2. The van der Waals surface area contributed by atoms with E-state index in [1.165, 1.54) is 0 Å². The topological polar surface area (TPSA) is 93.9 Å². The molecule has 0 saturated carbocycles. The van der Waals surface area contributed by atoms with Crippen LogP contribution in [0.3, 0.4) is 0 Å². The fourth-order valence-corrected chi connectivity index (χ4v) is 2.11. The van der Waals surface area contributed by atoms with Crippen molar-refractivity contribution in [3.63, 3.8) is 0 Å². The fourth-order valence-electron chi connectivity index (χ4n) is 2.11. The molecule has 0 spiro atoms. The molecule has 0 bridgehead atoms. The number of nitrogens with one attached hydrogen (secondary N) is 1. The lowest BCUT2D eigenvalue weighted by molar-refractivity contribution is 0.0996. The molecule has 0 aliphatic carbocycles. The summed E-state index contributed by atoms with van der Waals surface area (Å²) in [4.78, 5) is 11.3. The number of aromatic nitrogens is 3. The van der Waals surface area contributed by atoms with Crippen molar-refractivity contribution >= 4 is 5.91 Å². The molecule has 0 saturated heterocycles. The molecule has 8 heteroatoms. The second kappa shape index (κ2) is 6.45. The number of aromatic amines is 1. The number of nitrogens with two attached hydrogens (primary N) is 1. The van der Waals surface area contributed by atoms with Gasteiger partial charge in [-0.15, -0.1) is 0 Å². The molecule has 0 aliphatic rings. The van der Waals surface area contributed by atoms with E-state index in [1.807, 2.05) is 0 Å². The first-order valence-corrected chi connectivity index (χ1v) is 6.92. The summed E-state index contributed by atoms with van der Waals surface area (Å²) in [5.41, 5.74) is 6.96. The number of rotatable bonds is 5. The average molecular weight is 330 g/mol. The van der Waals surface area contributed by atoms with Crippen LogP contribution in [0.15, 0.2) is 42.5 Å². The summed E-state index contributed by atoms with van der Waals surface area (Å²) in [6, 6.07) is 9.83. The first-order valence-electron chi connectivity index (χ1n) is 6.92. The molecule has 1 aromatic heterocycles. The van der Waals surface area contributed by atoms with Crippen LogP contribution in [-0.2, 0) is 6.61 Å². The Kier molecular flexibility index (Phi) is 4.19. The van der Waals surface area contributed by atoms with Gasteiger partial charge in [-0.05, 0) is 17.7 Å². The van der Waals surface area contributed by atoms with Crippen LogP contribution in [0.5, 0.6) is 5.75 Å². The maximum atomic E-state index is 13.5. The standard InChI is InChI=1S/C16H12F2N4O2/c17-11-5-6-12(18)13(7-11)24-8-9-1-3-10(4-2-9)14-15(16(19)23)21-22-20-14/h1-7H,8H2,(H2,19,23)(H,20,21,22). The second-order valence-corrected chi connectivity index (χ2v) is 4.95. The van der Waals surface area contributed by atoms with Gasteiger partial charge < -0.3 is 10.5 Å². The molecule has 0 radical (unpaired) electrons. The van der Waals surface area contributed by atoms with Gasteiger partial charge in [-0.2, -0.15) is 15.4 Å². The normalized spacial score (nSPS) is 10.6. The number of primary amides is 1. The predicted molar refractivity (Wildman–Crippen MR) is 81.0 cm³/mol. The molecule has 0 fully saturated rings. The number of halogens is 2. The summed E-state index contributed by atoms with van der Waals surface area (Å²) < 4.78 is 31.8. The molecule has 6 nitrogen and oxygen atoms in total. The number of ether oxygens (including phenoxy) is 1. The third-order valence-corrected chi connectivity index (χ3v) is 3.30. The third-order valence-electron chi connectivity index (χ3n) is 3.30. The zero-order valence-corrected chi connectivity index (χ0v) is 12.3. The van der Waals surface area contributed by atoms with Crippen molar-refractivity contribution in [1.29, 1.82) is 0 Å². The van der Waals surface area contributed by atoms with Crippen molar-refractivity contribution in [2.45, 2.75) is 6.61 Å². The lowest BCUT2D eigenvalue weighted by atomic mass is 10.1. The van der Waals surface area contributed by atoms with E-state index in [0.717, 1.165) is 23.8 Å².